The molecule has 2 aliphatic rings. The molecule has 0 bridgehead atoms. The van der Waals surface area contributed by atoms with Crippen LogP contribution in [-0.2, 0) is 4.79 Å². The predicted octanol–water partition coefficient (Wildman–Crippen LogP) is 2.85. The van der Waals surface area contributed by atoms with Gasteiger partial charge in [0, 0.05) is 12.7 Å². The first-order valence-corrected chi connectivity index (χ1v) is 8.65. The normalized spacial score (nSPS) is 23.8. The topological polar surface area (TPSA) is 79.7 Å². The van der Waals surface area contributed by atoms with E-state index in [1.807, 2.05) is 6.92 Å². The van der Waals surface area contributed by atoms with Crippen molar-refractivity contribution in [3.05, 3.63) is 22.8 Å². The zero-order valence-electron chi connectivity index (χ0n) is 13.6. The monoisotopic (exact) mass is 352 g/mol. The summed E-state index contributed by atoms with van der Waals surface area (Å²) in [7, 11) is 0. The molecule has 1 saturated heterocycles. The van der Waals surface area contributed by atoms with Gasteiger partial charge >= 0.3 is 5.97 Å². The first-order chi connectivity index (χ1) is 11.5. The number of likely N-dealkylation sites (tertiary alicyclic amines) is 1. The van der Waals surface area contributed by atoms with E-state index < -0.39 is 12.0 Å². The Morgan fingerprint density at radius 2 is 2.17 bits per heavy atom. The van der Waals surface area contributed by atoms with Crippen LogP contribution in [0.1, 0.15) is 43.0 Å². The lowest BCUT2D eigenvalue weighted by Gasteiger charge is -2.36. The first kappa shape index (κ1) is 17.0. The van der Waals surface area contributed by atoms with Gasteiger partial charge in [-0.3, -0.25) is 4.79 Å². The van der Waals surface area contributed by atoms with Gasteiger partial charge in [-0.15, -0.1) is 0 Å². The molecular weight excluding hydrogens is 332 g/mol. The zero-order valence-corrected chi connectivity index (χ0v) is 14.3. The van der Waals surface area contributed by atoms with Crippen LogP contribution in [0.3, 0.4) is 0 Å². The maximum atomic E-state index is 12.7. The van der Waals surface area contributed by atoms with Crippen LogP contribution in [0.4, 0.5) is 0 Å². The summed E-state index contributed by atoms with van der Waals surface area (Å²) in [6, 6.07) is 0.710. The average Bonchev–Trinajstić information content (AvgIpc) is 3.37. The maximum absolute atomic E-state index is 12.7. The predicted molar refractivity (Wildman–Crippen MR) is 88.3 cm³/mol. The number of carbonyl (C=O) groups is 2. The molecule has 2 unspecified atom stereocenters. The summed E-state index contributed by atoms with van der Waals surface area (Å²) in [6.45, 7) is 3.02. The number of hydrogen-bond acceptors (Lipinski definition) is 4. The number of aliphatic carboxylic acids is 1. The molecule has 0 radical (unpaired) electrons. The van der Waals surface area contributed by atoms with E-state index >= 15 is 0 Å². The summed E-state index contributed by atoms with van der Waals surface area (Å²) >= 11 is 6.16. The molecule has 0 aromatic carbocycles. The van der Waals surface area contributed by atoms with Crippen LogP contribution in [0.5, 0.6) is 5.88 Å². The third kappa shape index (κ3) is 3.80. The molecule has 1 aliphatic carbocycles. The maximum Gasteiger partial charge on any atom is 0.326 e. The molecule has 1 aromatic rings. The lowest BCUT2D eigenvalue weighted by atomic mass is 9.92. The molecular formula is C17H21ClN2O4. The number of pyridine rings is 1. The SMILES string of the molecule is CC1CCN(C(=O)c2cnc(OCC3CC3)c(Cl)c2)C(C(=O)O)C1. The van der Waals surface area contributed by atoms with Gasteiger partial charge in [0.2, 0.25) is 5.88 Å². The second-order valence-corrected chi connectivity index (χ2v) is 7.15. The lowest BCUT2D eigenvalue weighted by Crippen LogP contribution is -2.49. The number of hydrogen-bond donors (Lipinski definition) is 1. The van der Waals surface area contributed by atoms with Gasteiger partial charge in [-0.25, -0.2) is 9.78 Å². The van der Waals surface area contributed by atoms with E-state index in [1.54, 1.807) is 0 Å². The number of halogens is 1. The van der Waals surface area contributed by atoms with Gasteiger partial charge in [-0.1, -0.05) is 18.5 Å². The average molecular weight is 353 g/mol. The van der Waals surface area contributed by atoms with Crippen LogP contribution >= 0.6 is 11.6 Å². The number of aromatic nitrogens is 1. The van der Waals surface area contributed by atoms with Gasteiger partial charge in [0.05, 0.1) is 12.2 Å². The number of amides is 1. The van der Waals surface area contributed by atoms with E-state index in [1.165, 1.54) is 17.2 Å². The van der Waals surface area contributed by atoms with Gasteiger partial charge in [0.15, 0.2) is 0 Å². The highest BCUT2D eigenvalue weighted by Crippen LogP contribution is 2.31. The molecule has 6 nitrogen and oxygen atoms in total. The molecule has 3 rings (SSSR count). The summed E-state index contributed by atoms with van der Waals surface area (Å²) in [5, 5.41) is 9.67. The molecule has 1 N–H and O–H groups in total. The van der Waals surface area contributed by atoms with E-state index in [-0.39, 0.29) is 16.8 Å². The number of carbonyl (C=O) groups excluding carboxylic acids is 1. The summed E-state index contributed by atoms with van der Waals surface area (Å²) in [6.07, 6.45) is 4.99. The molecule has 1 aliphatic heterocycles. The van der Waals surface area contributed by atoms with Crippen molar-refractivity contribution >= 4 is 23.5 Å². The minimum absolute atomic E-state index is 0.277. The van der Waals surface area contributed by atoms with Crippen molar-refractivity contribution < 1.29 is 19.4 Å². The lowest BCUT2D eigenvalue weighted by molar-refractivity contribution is -0.144. The van der Waals surface area contributed by atoms with Crippen LogP contribution in [0, 0.1) is 11.8 Å². The summed E-state index contributed by atoms with van der Waals surface area (Å²) < 4.78 is 5.55. The Balaban J connectivity index is 1.73. The van der Waals surface area contributed by atoms with E-state index in [4.69, 9.17) is 16.3 Å². The summed E-state index contributed by atoms with van der Waals surface area (Å²) in [5.41, 5.74) is 0.291. The van der Waals surface area contributed by atoms with Crippen LogP contribution < -0.4 is 4.74 Å². The van der Waals surface area contributed by atoms with Crippen LogP contribution in [-0.4, -0.2) is 46.1 Å². The van der Waals surface area contributed by atoms with Crippen molar-refractivity contribution in [1.82, 2.24) is 9.88 Å². The van der Waals surface area contributed by atoms with Crippen molar-refractivity contribution in [2.45, 2.75) is 38.6 Å². The third-order valence-electron chi connectivity index (χ3n) is 4.62. The molecule has 2 atom stereocenters. The van der Waals surface area contributed by atoms with Crippen LogP contribution in [0.25, 0.3) is 0 Å². The number of ether oxygens (including phenoxy) is 1. The second-order valence-electron chi connectivity index (χ2n) is 6.75. The van der Waals surface area contributed by atoms with Gasteiger partial charge < -0.3 is 14.7 Å². The molecule has 2 heterocycles. The smallest absolute Gasteiger partial charge is 0.326 e. The van der Waals surface area contributed by atoms with E-state index in [0.29, 0.717) is 36.9 Å². The number of nitrogens with zero attached hydrogens (tertiary/aromatic N) is 2. The number of carboxylic acid groups (broad SMARTS) is 1. The van der Waals surface area contributed by atoms with E-state index in [9.17, 15) is 14.7 Å². The van der Waals surface area contributed by atoms with E-state index in [0.717, 1.165) is 19.3 Å². The molecule has 1 saturated carbocycles. The van der Waals surface area contributed by atoms with Gasteiger partial charge in [0.1, 0.15) is 11.1 Å². The Morgan fingerprint density at radius 3 is 2.79 bits per heavy atom. The molecule has 1 amide bonds. The summed E-state index contributed by atoms with van der Waals surface area (Å²) in [4.78, 5) is 29.7. The highest BCUT2D eigenvalue weighted by atomic mass is 35.5. The van der Waals surface area contributed by atoms with Crippen molar-refractivity contribution in [3.8, 4) is 5.88 Å². The standard InChI is InChI=1S/C17H21ClN2O4/c1-10-4-5-20(14(6-10)17(22)23)16(21)12-7-13(18)15(19-8-12)24-9-11-2-3-11/h7-8,10-11,14H,2-6,9H2,1H3,(H,22,23). The Bertz CT molecular complexity index is 647. The minimum Gasteiger partial charge on any atom is -0.480 e. The van der Waals surface area contributed by atoms with Crippen molar-refractivity contribution in [1.29, 1.82) is 0 Å². The number of piperidine rings is 1. The molecule has 0 spiro atoms. The third-order valence-corrected chi connectivity index (χ3v) is 4.89. The zero-order chi connectivity index (χ0) is 17.3. The van der Waals surface area contributed by atoms with Gasteiger partial charge in [-0.2, -0.15) is 0 Å². The Labute approximate surface area is 145 Å². The molecule has 7 heteroatoms. The highest BCUT2D eigenvalue weighted by molar-refractivity contribution is 6.32. The number of rotatable bonds is 5. The quantitative estimate of drug-likeness (QED) is 0.881. The fourth-order valence-electron chi connectivity index (χ4n) is 2.91. The number of carboxylic acids is 1. The fourth-order valence-corrected chi connectivity index (χ4v) is 3.14. The Hall–Kier alpha value is -1.82. The molecule has 2 fully saturated rings. The van der Waals surface area contributed by atoms with Crippen molar-refractivity contribution in [2.24, 2.45) is 11.8 Å². The summed E-state index contributed by atoms with van der Waals surface area (Å²) in [5.74, 6) is -0.135. The van der Waals surface area contributed by atoms with Crippen molar-refractivity contribution in [3.63, 3.8) is 0 Å². The second kappa shape index (κ2) is 6.97. The van der Waals surface area contributed by atoms with Crippen LogP contribution in [0.15, 0.2) is 12.3 Å². The minimum atomic E-state index is -0.974. The van der Waals surface area contributed by atoms with E-state index in [2.05, 4.69) is 4.98 Å². The fraction of sp³-hybridized carbons (Fsp3) is 0.588. The van der Waals surface area contributed by atoms with Gasteiger partial charge in [0.25, 0.3) is 5.91 Å². The Morgan fingerprint density at radius 1 is 1.42 bits per heavy atom. The molecule has 130 valence electrons. The van der Waals surface area contributed by atoms with Crippen molar-refractivity contribution in [2.75, 3.05) is 13.2 Å². The first-order valence-electron chi connectivity index (χ1n) is 8.28. The van der Waals surface area contributed by atoms with Crippen LogP contribution in [0.2, 0.25) is 5.02 Å². The Kier molecular flexibility index (Phi) is 4.94. The highest BCUT2D eigenvalue weighted by Gasteiger charge is 2.35. The van der Waals surface area contributed by atoms with Gasteiger partial charge in [-0.05, 0) is 43.6 Å². The largest absolute Gasteiger partial charge is 0.480 e. The molecule has 24 heavy (non-hydrogen) atoms. The molecule has 1 aromatic heterocycles.